The maximum Gasteiger partial charge on any atom is 0.315 e. The van der Waals surface area contributed by atoms with Crippen molar-refractivity contribution in [3.05, 3.63) is 35.6 Å². The molecule has 92 valence electrons. The summed E-state index contributed by atoms with van der Waals surface area (Å²) in [6.45, 7) is 2.40. The summed E-state index contributed by atoms with van der Waals surface area (Å²) in [5.41, 5.74) is 0.377. The molecule has 0 saturated heterocycles. The Kier molecular flexibility index (Phi) is 5.13. The Balaban J connectivity index is 2.39. The molecule has 0 aliphatic heterocycles. The van der Waals surface area contributed by atoms with Crippen LogP contribution in [0.25, 0.3) is 0 Å². The van der Waals surface area contributed by atoms with Gasteiger partial charge in [-0.05, 0) is 30.7 Å². The van der Waals surface area contributed by atoms with Crippen molar-refractivity contribution in [3.63, 3.8) is 0 Å². The third kappa shape index (κ3) is 4.63. The number of ketones is 1. The summed E-state index contributed by atoms with van der Waals surface area (Å²) in [5.74, 6) is -0.646. The molecule has 0 fully saturated rings. The Labute approximate surface area is 99.2 Å². The maximum atomic E-state index is 12.6. The number of rotatable bonds is 5. The smallest absolute Gasteiger partial charge is 0.315 e. The van der Waals surface area contributed by atoms with E-state index in [-0.39, 0.29) is 18.4 Å². The summed E-state index contributed by atoms with van der Waals surface area (Å²) in [5, 5.41) is 5.02. The van der Waals surface area contributed by atoms with Crippen molar-refractivity contribution in [2.45, 2.75) is 13.3 Å². The largest absolute Gasteiger partial charge is 0.338 e. The van der Waals surface area contributed by atoms with E-state index in [4.69, 9.17) is 0 Å². The highest BCUT2D eigenvalue weighted by Gasteiger charge is 2.07. The Bertz CT molecular complexity index is 390. The van der Waals surface area contributed by atoms with Gasteiger partial charge in [0.15, 0.2) is 5.78 Å². The maximum absolute atomic E-state index is 12.6. The van der Waals surface area contributed by atoms with E-state index >= 15 is 0 Å². The number of carbonyl (C=O) groups excluding carboxylic acids is 2. The molecule has 0 heterocycles. The molecule has 0 aliphatic carbocycles. The first-order valence-electron chi connectivity index (χ1n) is 5.44. The van der Waals surface area contributed by atoms with Crippen molar-refractivity contribution in [3.8, 4) is 0 Å². The fourth-order valence-corrected chi connectivity index (χ4v) is 1.20. The Morgan fingerprint density at radius 3 is 2.41 bits per heavy atom. The number of halogens is 1. The Hall–Kier alpha value is -1.91. The van der Waals surface area contributed by atoms with Gasteiger partial charge in [-0.3, -0.25) is 4.79 Å². The van der Waals surface area contributed by atoms with E-state index in [0.717, 1.165) is 6.42 Å². The predicted molar refractivity (Wildman–Crippen MR) is 62.4 cm³/mol. The van der Waals surface area contributed by atoms with Gasteiger partial charge in [-0.25, -0.2) is 9.18 Å². The van der Waals surface area contributed by atoms with E-state index < -0.39 is 5.82 Å². The fourth-order valence-electron chi connectivity index (χ4n) is 1.20. The van der Waals surface area contributed by atoms with Gasteiger partial charge in [0.25, 0.3) is 0 Å². The lowest BCUT2D eigenvalue weighted by Gasteiger charge is -2.05. The number of nitrogens with one attached hydrogen (secondary N) is 2. The number of carbonyl (C=O) groups is 2. The topological polar surface area (TPSA) is 58.2 Å². The second-order valence-electron chi connectivity index (χ2n) is 3.54. The number of Topliss-reactive ketones (excluding diaryl/α,β-unsaturated/α-hetero) is 1. The van der Waals surface area contributed by atoms with Crippen LogP contribution in [0.3, 0.4) is 0 Å². The molecule has 2 N–H and O–H groups in total. The van der Waals surface area contributed by atoms with Crippen LogP contribution in [0.5, 0.6) is 0 Å². The van der Waals surface area contributed by atoms with E-state index in [1.54, 1.807) is 0 Å². The zero-order chi connectivity index (χ0) is 12.7. The molecular formula is C12H15FN2O2. The second kappa shape index (κ2) is 6.62. The molecule has 5 heteroatoms. The molecule has 0 spiro atoms. The van der Waals surface area contributed by atoms with Crippen LogP contribution in [0.2, 0.25) is 0 Å². The molecule has 0 bridgehead atoms. The molecule has 17 heavy (non-hydrogen) atoms. The lowest BCUT2D eigenvalue weighted by molar-refractivity contribution is 0.0992. The van der Waals surface area contributed by atoms with Crippen molar-refractivity contribution in [2.75, 3.05) is 13.1 Å². The van der Waals surface area contributed by atoms with Crippen LogP contribution in [-0.4, -0.2) is 24.9 Å². The van der Waals surface area contributed by atoms with Crippen LogP contribution >= 0.6 is 0 Å². The van der Waals surface area contributed by atoms with Crippen molar-refractivity contribution in [2.24, 2.45) is 0 Å². The van der Waals surface area contributed by atoms with Gasteiger partial charge < -0.3 is 10.6 Å². The minimum atomic E-state index is -0.393. The van der Waals surface area contributed by atoms with Gasteiger partial charge in [-0.1, -0.05) is 6.92 Å². The molecule has 1 rings (SSSR count). The normalized spacial score (nSPS) is 9.76. The van der Waals surface area contributed by atoms with E-state index in [9.17, 15) is 14.0 Å². The molecule has 0 saturated carbocycles. The van der Waals surface area contributed by atoms with Crippen LogP contribution in [0, 0.1) is 5.82 Å². The van der Waals surface area contributed by atoms with Gasteiger partial charge in [-0.2, -0.15) is 0 Å². The quantitative estimate of drug-likeness (QED) is 0.767. The van der Waals surface area contributed by atoms with E-state index in [1.807, 2.05) is 6.92 Å². The van der Waals surface area contributed by atoms with Gasteiger partial charge in [0, 0.05) is 12.1 Å². The number of amides is 2. The summed E-state index contributed by atoms with van der Waals surface area (Å²) >= 11 is 0. The molecule has 0 radical (unpaired) electrons. The standard InChI is InChI=1S/C12H15FN2O2/c1-2-7-14-12(17)15-8-11(16)9-3-5-10(13)6-4-9/h3-6H,2,7-8H2,1H3,(H2,14,15,17). The minimum Gasteiger partial charge on any atom is -0.338 e. The van der Waals surface area contributed by atoms with Gasteiger partial charge in [0.1, 0.15) is 5.82 Å². The molecule has 0 unspecified atom stereocenters. The molecule has 0 aromatic heterocycles. The summed E-state index contributed by atoms with van der Waals surface area (Å²) in [4.78, 5) is 22.7. The number of hydrogen-bond acceptors (Lipinski definition) is 2. The van der Waals surface area contributed by atoms with Crippen molar-refractivity contribution in [1.82, 2.24) is 10.6 Å². The predicted octanol–water partition coefficient (Wildman–Crippen LogP) is 1.72. The molecule has 1 aromatic carbocycles. The summed E-state index contributed by atoms with van der Waals surface area (Å²) in [7, 11) is 0. The monoisotopic (exact) mass is 238 g/mol. The van der Waals surface area contributed by atoms with E-state index in [1.165, 1.54) is 24.3 Å². The zero-order valence-corrected chi connectivity index (χ0v) is 9.63. The number of hydrogen-bond donors (Lipinski definition) is 2. The van der Waals surface area contributed by atoms with E-state index in [0.29, 0.717) is 12.1 Å². The first-order chi connectivity index (χ1) is 8.13. The summed E-state index contributed by atoms with van der Waals surface area (Å²) < 4.78 is 12.6. The third-order valence-corrected chi connectivity index (χ3v) is 2.11. The van der Waals surface area contributed by atoms with Gasteiger partial charge in [0.05, 0.1) is 6.54 Å². The van der Waals surface area contributed by atoms with Crippen LogP contribution in [0.15, 0.2) is 24.3 Å². The van der Waals surface area contributed by atoms with Crippen molar-refractivity contribution >= 4 is 11.8 Å². The third-order valence-electron chi connectivity index (χ3n) is 2.11. The average Bonchev–Trinajstić information content (AvgIpc) is 2.34. The van der Waals surface area contributed by atoms with Crippen LogP contribution in [0.4, 0.5) is 9.18 Å². The highest BCUT2D eigenvalue weighted by molar-refractivity contribution is 5.99. The number of urea groups is 1. The lowest BCUT2D eigenvalue weighted by Crippen LogP contribution is -2.38. The highest BCUT2D eigenvalue weighted by Crippen LogP contribution is 2.02. The molecule has 1 aromatic rings. The first kappa shape index (κ1) is 13.2. The van der Waals surface area contributed by atoms with Crippen LogP contribution < -0.4 is 10.6 Å². The Morgan fingerprint density at radius 1 is 1.18 bits per heavy atom. The second-order valence-corrected chi connectivity index (χ2v) is 3.54. The van der Waals surface area contributed by atoms with Crippen LogP contribution in [-0.2, 0) is 0 Å². The fraction of sp³-hybridized carbons (Fsp3) is 0.333. The SMILES string of the molecule is CCCNC(=O)NCC(=O)c1ccc(F)cc1. The van der Waals surface area contributed by atoms with Crippen LogP contribution in [0.1, 0.15) is 23.7 Å². The van der Waals surface area contributed by atoms with E-state index in [2.05, 4.69) is 10.6 Å². The first-order valence-corrected chi connectivity index (χ1v) is 5.44. The number of benzene rings is 1. The summed E-state index contributed by atoms with van der Waals surface area (Å²) in [6, 6.07) is 4.84. The average molecular weight is 238 g/mol. The summed E-state index contributed by atoms with van der Waals surface area (Å²) in [6.07, 6.45) is 0.833. The van der Waals surface area contributed by atoms with Crippen molar-refractivity contribution < 1.29 is 14.0 Å². The van der Waals surface area contributed by atoms with Gasteiger partial charge in [-0.15, -0.1) is 0 Å². The molecule has 2 amide bonds. The van der Waals surface area contributed by atoms with Gasteiger partial charge in [0.2, 0.25) is 0 Å². The molecule has 0 aliphatic rings. The zero-order valence-electron chi connectivity index (χ0n) is 9.63. The molecule has 0 atom stereocenters. The lowest BCUT2D eigenvalue weighted by atomic mass is 10.1. The Morgan fingerprint density at radius 2 is 1.82 bits per heavy atom. The highest BCUT2D eigenvalue weighted by atomic mass is 19.1. The molecule has 4 nitrogen and oxygen atoms in total. The molecular weight excluding hydrogens is 223 g/mol. The van der Waals surface area contributed by atoms with Gasteiger partial charge >= 0.3 is 6.03 Å². The minimum absolute atomic E-state index is 0.0961. The van der Waals surface area contributed by atoms with Crippen molar-refractivity contribution in [1.29, 1.82) is 0 Å².